The van der Waals surface area contributed by atoms with Crippen LogP contribution >= 0.6 is 15.9 Å². The predicted molar refractivity (Wildman–Crippen MR) is 124 cm³/mol. The molecule has 0 aliphatic carbocycles. The van der Waals surface area contributed by atoms with Gasteiger partial charge in [0, 0.05) is 22.7 Å². The summed E-state index contributed by atoms with van der Waals surface area (Å²) in [6.07, 6.45) is 1.21. The number of fused-ring (bicyclic) bond motifs is 3. The molecule has 0 spiro atoms. The van der Waals surface area contributed by atoms with Gasteiger partial charge < -0.3 is 9.64 Å². The standard InChI is InChI=1S/C25H18BrFN4O/c1-30-23-19-4-2-3-5-20(19)32-24(16-6-10-17(26)11-7-16)21(23)22(31-25(30)28-14-29-31)15-8-12-18(27)13-9-15/h2-14,22,24H,1H3/t22-,24+/m1/s1. The number of ether oxygens (including phenoxy) is 1. The lowest BCUT2D eigenvalue weighted by Crippen LogP contribution is -2.37. The molecule has 32 heavy (non-hydrogen) atoms. The first-order valence-electron chi connectivity index (χ1n) is 10.3. The second-order valence-electron chi connectivity index (χ2n) is 7.87. The number of nitrogens with zero attached hydrogens (tertiary/aromatic N) is 4. The molecule has 5 nitrogen and oxygen atoms in total. The highest BCUT2D eigenvalue weighted by molar-refractivity contribution is 9.10. The zero-order chi connectivity index (χ0) is 21.8. The lowest BCUT2D eigenvalue weighted by Gasteiger charge is -2.42. The molecule has 0 radical (unpaired) electrons. The number of hydrogen-bond donors (Lipinski definition) is 0. The lowest BCUT2D eigenvalue weighted by molar-refractivity contribution is 0.222. The maximum atomic E-state index is 13.8. The van der Waals surface area contributed by atoms with E-state index in [9.17, 15) is 4.39 Å². The van der Waals surface area contributed by atoms with Crippen molar-refractivity contribution >= 4 is 27.6 Å². The van der Waals surface area contributed by atoms with Gasteiger partial charge >= 0.3 is 0 Å². The van der Waals surface area contributed by atoms with Gasteiger partial charge in [0.05, 0.1) is 5.70 Å². The quantitative estimate of drug-likeness (QED) is 0.359. The van der Waals surface area contributed by atoms with Crippen LogP contribution in [-0.4, -0.2) is 21.8 Å². The Morgan fingerprint density at radius 1 is 0.938 bits per heavy atom. The average Bonchev–Trinajstić information content (AvgIpc) is 3.30. The van der Waals surface area contributed by atoms with Crippen LogP contribution in [0.4, 0.5) is 10.3 Å². The number of hydrogen-bond acceptors (Lipinski definition) is 4. The van der Waals surface area contributed by atoms with E-state index in [0.29, 0.717) is 0 Å². The van der Waals surface area contributed by atoms with E-state index in [-0.39, 0.29) is 18.0 Å². The largest absolute Gasteiger partial charge is 0.480 e. The first kappa shape index (κ1) is 19.3. The topological polar surface area (TPSA) is 43.2 Å². The van der Waals surface area contributed by atoms with Crippen molar-refractivity contribution in [1.82, 2.24) is 14.8 Å². The van der Waals surface area contributed by atoms with Gasteiger partial charge in [-0.05, 0) is 47.5 Å². The van der Waals surface area contributed by atoms with Gasteiger partial charge in [0.1, 0.15) is 30.0 Å². The van der Waals surface area contributed by atoms with Crippen LogP contribution in [-0.2, 0) is 0 Å². The highest BCUT2D eigenvalue weighted by atomic mass is 79.9. The molecular formula is C25H18BrFN4O. The number of anilines is 1. The Balaban J connectivity index is 1.65. The molecule has 3 heterocycles. The van der Waals surface area contributed by atoms with E-state index < -0.39 is 0 Å². The van der Waals surface area contributed by atoms with Crippen LogP contribution in [0.1, 0.15) is 28.8 Å². The summed E-state index contributed by atoms with van der Waals surface area (Å²) in [5.41, 5.74) is 5.02. The van der Waals surface area contributed by atoms with Gasteiger partial charge in [0.15, 0.2) is 0 Å². The number of benzene rings is 3. The Morgan fingerprint density at radius 3 is 2.44 bits per heavy atom. The molecule has 2 aliphatic heterocycles. The third-order valence-electron chi connectivity index (χ3n) is 6.03. The number of rotatable bonds is 2. The molecule has 1 aromatic heterocycles. The molecule has 0 fully saturated rings. The fourth-order valence-electron chi connectivity index (χ4n) is 4.63. The summed E-state index contributed by atoms with van der Waals surface area (Å²) in [4.78, 5) is 6.59. The van der Waals surface area contributed by atoms with E-state index in [4.69, 9.17) is 4.74 Å². The van der Waals surface area contributed by atoms with Crippen molar-refractivity contribution in [1.29, 1.82) is 0 Å². The normalized spacial score (nSPS) is 19.2. The molecule has 3 aromatic carbocycles. The molecule has 2 atom stereocenters. The van der Waals surface area contributed by atoms with Crippen LogP contribution in [0.5, 0.6) is 5.75 Å². The Kier molecular flexibility index (Phi) is 4.40. The minimum atomic E-state index is -0.345. The summed E-state index contributed by atoms with van der Waals surface area (Å²) < 4.78 is 23.3. The first-order chi connectivity index (χ1) is 15.6. The van der Waals surface area contributed by atoms with Crippen molar-refractivity contribution in [2.75, 3.05) is 11.9 Å². The minimum Gasteiger partial charge on any atom is -0.480 e. The molecule has 0 saturated carbocycles. The highest BCUT2D eigenvalue weighted by Gasteiger charge is 2.42. The Morgan fingerprint density at radius 2 is 1.66 bits per heavy atom. The summed E-state index contributed by atoms with van der Waals surface area (Å²) in [6, 6.07) is 22.5. The maximum Gasteiger partial charge on any atom is 0.229 e. The average molecular weight is 489 g/mol. The van der Waals surface area contributed by atoms with Gasteiger partial charge in [-0.15, -0.1) is 0 Å². The Bertz CT molecular complexity index is 1350. The van der Waals surface area contributed by atoms with Crippen molar-refractivity contribution in [2.24, 2.45) is 0 Å². The van der Waals surface area contributed by atoms with Crippen LogP contribution < -0.4 is 9.64 Å². The SMILES string of the molecule is CN1C2=C([C@H](c3ccc(Br)cc3)Oc3ccccc32)[C@@H](c2ccc(F)cc2)n2ncnc21. The van der Waals surface area contributed by atoms with Gasteiger partial charge in [-0.3, -0.25) is 0 Å². The van der Waals surface area contributed by atoms with Crippen LogP contribution in [0, 0.1) is 5.82 Å². The Labute approximate surface area is 192 Å². The number of halogens is 2. The summed E-state index contributed by atoms with van der Waals surface area (Å²) in [6.45, 7) is 0. The molecule has 0 saturated heterocycles. The van der Waals surface area contributed by atoms with Gasteiger partial charge in [-0.1, -0.05) is 52.3 Å². The molecule has 6 rings (SSSR count). The van der Waals surface area contributed by atoms with Crippen LogP contribution in [0.3, 0.4) is 0 Å². The first-order valence-corrected chi connectivity index (χ1v) is 11.1. The van der Waals surface area contributed by atoms with Crippen molar-refractivity contribution in [3.63, 3.8) is 0 Å². The molecule has 4 aromatic rings. The molecule has 0 amide bonds. The lowest BCUT2D eigenvalue weighted by atomic mass is 9.84. The molecule has 2 aliphatic rings. The van der Waals surface area contributed by atoms with Gasteiger partial charge in [-0.2, -0.15) is 10.1 Å². The highest BCUT2D eigenvalue weighted by Crippen LogP contribution is 2.52. The summed E-state index contributed by atoms with van der Waals surface area (Å²) in [7, 11) is 2.00. The maximum absolute atomic E-state index is 13.8. The monoisotopic (exact) mass is 488 g/mol. The van der Waals surface area contributed by atoms with E-state index in [1.807, 2.05) is 42.1 Å². The van der Waals surface area contributed by atoms with E-state index in [0.717, 1.165) is 44.1 Å². The van der Waals surface area contributed by atoms with E-state index in [2.05, 4.69) is 49.1 Å². The number of para-hydroxylation sites is 1. The summed E-state index contributed by atoms with van der Waals surface area (Å²) in [5.74, 6) is 1.27. The third kappa shape index (κ3) is 2.88. The fraction of sp³-hybridized carbons (Fsp3) is 0.120. The number of aromatic nitrogens is 3. The second-order valence-corrected chi connectivity index (χ2v) is 8.78. The van der Waals surface area contributed by atoms with Crippen molar-refractivity contribution in [3.05, 3.63) is 112 Å². The molecule has 158 valence electrons. The zero-order valence-corrected chi connectivity index (χ0v) is 18.7. The fourth-order valence-corrected chi connectivity index (χ4v) is 4.90. The molecule has 0 N–H and O–H groups in total. The van der Waals surface area contributed by atoms with E-state index in [1.54, 1.807) is 18.5 Å². The molecule has 0 unspecified atom stereocenters. The summed E-state index contributed by atoms with van der Waals surface area (Å²) in [5, 5.41) is 4.55. The molecule has 7 heteroatoms. The van der Waals surface area contributed by atoms with E-state index in [1.165, 1.54) is 12.1 Å². The van der Waals surface area contributed by atoms with Gasteiger partial charge in [0.25, 0.3) is 0 Å². The van der Waals surface area contributed by atoms with Crippen molar-refractivity contribution in [3.8, 4) is 5.75 Å². The van der Waals surface area contributed by atoms with Gasteiger partial charge in [-0.25, -0.2) is 9.07 Å². The van der Waals surface area contributed by atoms with Crippen LogP contribution in [0.15, 0.2) is 89.2 Å². The van der Waals surface area contributed by atoms with Crippen LogP contribution in [0.2, 0.25) is 0 Å². The zero-order valence-electron chi connectivity index (χ0n) is 17.1. The predicted octanol–water partition coefficient (Wildman–Crippen LogP) is 5.76. The van der Waals surface area contributed by atoms with E-state index >= 15 is 0 Å². The van der Waals surface area contributed by atoms with Gasteiger partial charge in [0.2, 0.25) is 5.95 Å². The molecule has 0 bridgehead atoms. The Hall–Kier alpha value is -3.45. The van der Waals surface area contributed by atoms with Crippen molar-refractivity contribution in [2.45, 2.75) is 12.1 Å². The minimum absolute atomic E-state index is 0.274. The summed E-state index contributed by atoms with van der Waals surface area (Å²) >= 11 is 3.53. The van der Waals surface area contributed by atoms with Crippen molar-refractivity contribution < 1.29 is 9.13 Å². The second kappa shape index (κ2) is 7.31. The van der Waals surface area contributed by atoms with Crippen LogP contribution in [0.25, 0.3) is 5.70 Å². The third-order valence-corrected chi connectivity index (χ3v) is 6.56. The molecular weight excluding hydrogens is 471 g/mol. The smallest absolute Gasteiger partial charge is 0.229 e.